The van der Waals surface area contributed by atoms with Crippen LogP contribution in [-0.2, 0) is 0 Å². The maximum Gasteiger partial charge on any atom is 0.197 e. The average Bonchev–Trinajstić information content (AvgIpc) is 2.88. The lowest BCUT2D eigenvalue weighted by Crippen LogP contribution is -2.25. The van der Waals surface area contributed by atoms with Crippen molar-refractivity contribution >= 4 is 0 Å². The number of benzene rings is 1. The number of ether oxygens (including phenoxy) is 1. The molecule has 198 valence electrons. The normalized spacial score (nSPS) is 25.3. The van der Waals surface area contributed by atoms with Gasteiger partial charge in [0.05, 0.1) is 6.26 Å². The van der Waals surface area contributed by atoms with E-state index in [9.17, 15) is 8.78 Å². The SMILES string of the molecule is CCCCCCC=COc1c(F)cc(C2CCC(C3CCC(CCCCCC)CC3)CC2)cc1F. The third kappa shape index (κ3) is 9.21. The highest BCUT2D eigenvalue weighted by atomic mass is 19.1. The molecule has 2 aliphatic rings. The van der Waals surface area contributed by atoms with E-state index in [1.807, 2.05) is 6.08 Å². The molecule has 0 radical (unpaired) electrons. The zero-order chi connectivity index (χ0) is 24.9. The van der Waals surface area contributed by atoms with E-state index >= 15 is 0 Å². The van der Waals surface area contributed by atoms with Gasteiger partial charge < -0.3 is 4.74 Å². The Morgan fingerprint density at radius 2 is 1.31 bits per heavy atom. The number of unbranched alkanes of at least 4 members (excludes halogenated alkanes) is 7. The summed E-state index contributed by atoms with van der Waals surface area (Å²) >= 11 is 0. The summed E-state index contributed by atoms with van der Waals surface area (Å²) in [7, 11) is 0. The van der Waals surface area contributed by atoms with Crippen LogP contribution in [0.1, 0.15) is 141 Å². The average molecular weight is 489 g/mol. The Morgan fingerprint density at radius 1 is 0.743 bits per heavy atom. The van der Waals surface area contributed by atoms with Gasteiger partial charge in [-0.25, -0.2) is 8.78 Å². The molecule has 1 aromatic carbocycles. The fourth-order valence-electron chi connectivity index (χ4n) is 6.53. The van der Waals surface area contributed by atoms with Crippen LogP contribution in [0.5, 0.6) is 5.75 Å². The first kappa shape index (κ1) is 28.2. The van der Waals surface area contributed by atoms with Gasteiger partial charge in [-0.2, -0.15) is 0 Å². The van der Waals surface area contributed by atoms with Crippen LogP contribution >= 0.6 is 0 Å². The number of allylic oxidation sites excluding steroid dienone is 1. The van der Waals surface area contributed by atoms with E-state index in [1.54, 1.807) is 0 Å². The van der Waals surface area contributed by atoms with Crippen molar-refractivity contribution in [3.63, 3.8) is 0 Å². The molecule has 1 aromatic rings. The monoisotopic (exact) mass is 488 g/mol. The van der Waals surface area contributed by atoms with Gasteiger partial charge in [0.15, 0.2) is 17.4 Å². The summed E-state index contributed by atoms with van der Waals surface area (Å²) in [6, 6.07) is 3.03. The zero-order valence-corrected chi connectivity index (χ0v) is 22.5. The van der Waals surface area contributed by atoms with Gasteiger partial charge in [0.1, 0.15) is 0 Å². The second-order valence-electron chi connectivity index (χ2n) is 11.4. The smallest absolute Gasteiger partial charge is 0.197 e. The van der Waals surface area contributed by atoms with E-state index < -0.39 is 11.6 Å². The van der Waals surface area contributed by atoms with Crippen LogP contribution in [0, 0.1) is 29.4 Å². The molecule has 0 aromatic heterocycles. The van der Waals surface area contributed by atoms with E-state index in [4.69, 9.17) is 4.74 Å². The van der Waals surface area contributed by atoms with Gasteiger partial charge in [-0.3, -0.25) is 0 Å². The quantitative estimate of drug-likeness (QED) is 0.187. The number of hydrogen-bond acceptors (Lipinski definition) is 1. The van der Waals surface area contributed by atoms with Gasteiger partial charge in [-0.15, -0.1) is 0 Å². The van der Waals surface area contributed by atoms with E-state index in [0.29, 0.717) is 0 Å². The lowest BCUT2D eigenvalue weighted by atomic mass is 9.68. The van der Waals surface area contributed by atoms with Crippen molar-refractivity contribution in [1.29, 1.82) is 0 Å². The van der Waals surface area contributed by atoms with E-state index in [0.717, 1.165) is 49.0 Å². The molecule has 0 amide bonds. The molecule has 0 spiro atoms. The molecular formula is C32H50F2O. The van der Waals surface area contributed by atoms with Crippen molar-refractivity contribution in [3.05, 3.63) is 41.7 Å². The summed E-state index contributed by atoms with van der Waals surface area (Å²) in [4.78, 5) is 0. The van der Waals surface area contributed by atoms with Crippen LogP contribution in [0.2, 0.25) is 0 Å². The minimum atomic E-state index is -0.574. The summed E-state index contributed by atoms with van der Waals surface area (Å²) in [5.41, 5.74) is 0.810. The van der Waals surface area contributed by atoms with E-state index in [1.165, 1.54) is 108 Å². The third-order valence-electron chi connectivity index (χ3n) is 8.79. The Bertz CT molecular complexity index is 719. The number of hydrogen-bond donors (Lipinski definition) is 0. The Kier molecular flexibility index (Phi) is 12.6. The number of rotatable bonds is 14. The molecule has 0 N–H and O–H groups in total. The molecule has 0 heterocycles. The minimum Gasteiger partial charge on any atom is -0.459 e. The van der Waals surface area contributed by atoms with Gasteiger partial charge in [-0.05, 0) is 98.8 Å². The summed E-state index contributed by atoms with van der Waals surface area (Å²) in [6.07, 6.45) is 26.0. The Balaban J connectivity index is 1.41. The predicted molar refractivity (Wildman–Crippen MR) is 144 cm³/mol. The van der Waals surface area contributed by atoms with E-state index in [2.05, 4.69) is 13.8 Å². The van der Waals surface area contributed by atoms with Crippen molar-refractivity contribution in [2.45, 2.75) is 135 Å². The van der Waals surface area contributed by atoms with Crippen LogP contribution in [-0.4, -0.2) is 0 Å². The second-order valence-corrected chi connectivity index (χ2v) is 11.4. The molecule has 0 unspecified atom stereocenters. The Morgan fingerprint density at radius 3 is 1.91 bits per heavy atom. The van der Waals surface area contributed by atoms with Crippen molar-refractivity contribution in [2.24, 2.45) is 17.8 Å². The van der Waals surface area contributed by atoms with Gasteiger partial charge in [0.25, 0.3) is 0 Å². The highest BCUT2D eigenvalue weighted by molar-refractivity contribution is 5.34. The molecule has 2 aliphatic carbocycles. The molecule has 3 rings (SSSR count). The molecule has 0 aliphatic heterocycles. The first-order valence-electron chi connectivity index (χ1n) is 14.9. The molecule has 35 heavy (non-hydrogen) atoms. The highest BCUT2D eigenvalue weighted by Gasteiger charge is 2.31. The summed E-state index contributed by atoms with van der Waals surface area (Å²) in [5, 5.41) is 0. The van der Waals surface area contributed by atoms with Crippen molar-refractivity contribution < 1.29 is 13.5 Å². The van der Waals surface area contributed by atoms with Gasteiger partial charge in [-0.1, -0.05) is 78.1 Å². The van der Waals surface area contributed by atoms with Gasteiger partial charge >= 0.3 is 0 Å². The third-order valence-corrected chi connectivity index (χ3v) is 8.79. The molecule has 0 atom stereocenters. The molecule has 3 heteroatoms. The Hall–Kier alpha value is -1.38. The zero-order valence-electron chi connectivity index (χ0n) is 22.5. The number of halogens is 2. The van der Waals surface area contributed by atoms with Crippen LogP contribution < -0.4 is 4.74 Å². The largest absolute Gasteiger partial charge is 0.459 e. The van der Waals surface area contributed by atoms with Crippen molar-refractivity contribution in [3.8, 4) is 5.75 Å². The lowest BCUT2D eigenvalue weighted by molar-refractivity contribution is 0.155. The predicted octanol–water partition coefficient (Wildman–Crippen LogP) is 10.9. The maximum atomic E-state index is 14.7. The van der Waals surface area contributed by atoms with E-state index in [-0.39, 0.29) is 11.7 Å². The maximum absolute atomic E-state index is 14.7. The minimum absolute atomic E-state index is 0.265. The van der Waals surface area contributed by atoms with Crippen LogP contribution in [0.4, 0.5) is 8.78 Å². The molecule has 2 fully saturated rings. The summed E-state index contributed by atoms with van der Waals surface area (Å²) < 4.78 is 34.7. The first-order chi connectivity index (χ1) is 17.1. The molecule has 0 bridgehead atoms. The summed E-state index contributed by atoms with van der Waals surface area (Å²) in [5.74, 6) is 1.51. The van der Waals surface area contributed by atoms with Crippen LogP contribution in [0.3, 0.4) is 0 Å². The first-order valence-corrected chi connectivity index (χ1v) is 14.9. The molecule has 1 nitrogen and oxygen atoms in total. The van der Waals surface area contributed by atoms with Crippen LogP contribution in [0.15, 0.2) is 24.5 Å². The van der Waals surface area contributed by atoms with Crippen molar-refractivity contribution in [2.75, 3.05) is 0 Å². The Labute approximate surface area is 214 Å². The second kappa shape index (κ2) is 15.7. The fraction of sp³-hybridized carbons (Fsp3) is 0.750. The highest BCUT2D eigenvalue weighted by Crippen LogP contribution is 2.45. The molecule has 0 saturated heterocycles. The fourth-order valence-corrected chi connectivity index (χ4v) is 6.53. The summed E-state index contributed by atoms with van der Waals surface area (Å²) in [6.45, 7) is 4.47. The molecule has 2 saturated carbocycles. The van der Waals surface area contributed by atoms with Crippen LogP contribution in [0.25, 0.3) is 0 Å². The van der Waals surface area contributed by atoms with Gasteiger partial charge in [0, 0.05) is 0 Å². The molecular weight excluding hydrogens is 438 g/mol. The van der Waals surface area contributed by atoms with Gasteiger partial charge in [0.2, 0.25) is 0 Å². The van der Waals surface area contributed by atoms with Crippen molar-refractivity contribution in [1.82, 2.24) is 0 Å². The topological polar surface area (TPSA) is 9.23 Å². The standard InChI is InChI=1S/C32H50F2O/c1-3-5-7-9-10-12-22-35-32-30(33)23-29(24-31(32)34)28-20-18-27(19-21-28)26-16-14-25(15-17-26)13-11-8-6-4-2/h12,22-28H,3-11,13-21H2,1-2H3. The lowest BCUT2D eigenvalue weighted by Gasteiger charge is -2.38.